The van der Waals surface area contributed by atoms with Gasteiger partial charge in [-0.05, 0) is 30.3 Å². The third-order valence-corrected chi connectivity index (χ3v) is 2.72. The minimum atomic E-state index is -0.612. The maximum absolute atomic E-state index is 13.5. The molecule has 0 aliphatic heterocycles. The van der Waals surface area contributed by atoms with Crippen LogP contribution in [0.25, 0.3) is 0 Å². The summed E-state index contributed by atoms with van der Waals surface area (Å²) < 4.78 is 15.4. The van der Waals surface area contributed by atoms with E-state index in [4.69, 9.17) is 5.73 Å². The van der Waals surface area contributed by atoms with Crippen molar-refractivity contribution in [3.8, 4) is 0 Å². The van der Waals surface area contributed by atoms with Crippen molar-refractivity contribution < 1.29 is 9.18 Å². The fraction of sp³-hybridized carbons (Fsp3) is 0.154. The highest BCUT2D eigenvalue weighted by atomic mass is 19.1. The number of benzene rings is 1. The molecule has 4 nitrogen and oxygen atoms in total. The summed E-state index contributed by atoms with van der Waals surface area (Å²) in [6.07, 6.45) is 1.88. The number of rotatable bonds is 3. The quantitative estimate of drug-likeness (QED) is 0.811. The fourth-order valence-corrected chi connectivity index (χ4v) is 1.66. The van der Waals surface area contributed by atoms with Gasteiger partial charge in [0, 0.05) is 24.6 Å². The van der Waals surface area contributed by atoms with Crippen LogP contribution in [0.2, 0.25) is 0 Å². The number of nitrogens with zero attached hydrogens (tertiary/aromatic N) is 1. The first kappa shape index (κ1) is 12.2. The number of hydrogen-bond donors (Lipinski definition) is 2. The van der Waals surface area contributed by atoms with Crippen LogP contribution in [0.15, 0.2) is 36.5 Å². The summed E-state index contributed by atoms with van der Waals surface area (Å²) in [5.41, 5.74) is 6.66. The Morgan fingerprint density at radius 1 is 1.44 bits per heavy atom. The van der Waals surface area contributed by atoms with E-state index in [1.165, 1.54) is 12.1 Å². The maximum atomic E-state index is 13.5. The first-order valence-corrected chi connectivity index (χ1v) is 5.51. The highest BCUT2D eigenvalue weighted by molar-refractivity contribution is 5.94. The van der Waals surface area contributed by atoms with E-state index < -0.39 is 11.7 Å². The number of aryl methyl sites for hydroxylation is 1. The third kappa shape index (κ3) is 2.51. The lowest BCUT2D eigenvalue weighted by Gasteiger charge is -2.07. The van der Waals surface area contributed by atoms with Crippen molar-refractivity contribution >= 4 is 11.6 Å². The largest absolute Gasteiger partial charge is 0.399 e. The Morgan fingerprint density at radius 2 is 2.22 bits per heavy atom. The molecule has 0 saturated heterocycles. The van der Waals surface area contributed by atoms with E-state index in [0.717, 1.165) is 11.8 Å². The number of hydrogen-bond acceptors (Lipinski definition) is 2. The first-order chi connectivity index (χ1) is 8.58. The van der Waals surface area contributed by atoms with Crippen molar-refractivity contribution in [3.05, 3.63) is 53.6 Å². The van der Waals surface area contributed by atoms with E-state index in [1.54, 1.807) is 0 Å². The van der Waals surface area contributed by atoms with E-state index in [1.807, 2.05) is 29.9 Å². The number of halogens is 1. The molecule has 0 bridgehead atoms. The molecule has 5 heteroatoms. The molecule has 1 heterocycles. The Balaban J connectivity index is 2.06. The molecule has 1 aromatic carbocycles. The second kappa shape index (κ2) is 4.91. The van der Waals surface area contributed by atoms with Gasteiger partial charge in [0.1, 0.15) is 5.82 Å². The summed E-state index contributed by atoms with van der Waals surface area (Å²) in [7, 11) is 1.88. The Kier molecular flexibility index (Phi) is 3.32. The summed E-state index contributed by atoms with van der Waals surface area (Å²) in [5.74, 6) is -1.06. The molecule has 0 fully saturated rings. The zero-order chi connectivity index (χ0) is 13.1. The van der Waals surface area contributed by atoms with Gasteiger partial charge < -0.3 is 15.6 Å². The van der Waals surface area contributed by atoms with Crippen molar-refractivity contribution in [1.82, 2.24) is 9.88 Å². The molecule has 2 aromatic rings. The predicted octanol–water partition coefficient (Wildman–Crippen LogP) is 1.68. The maximum Gasteiger partial charge on any atom is 0.254 e. The topological polar surface area (TPSA) is 60.0 Å². The van der Waals surface area contributed by atoms with Gasteiger partial charge in [-0.2, -0.15) is 0 Å². The average Bonchev–Trinajstić information content (AvgIpc) is 2.72. The minimum Gasteiger partial charge on any atom is -0.399 e. The van der Waals surface area contributed by atoms with Crippen molar-refractivity contribution in [2.45, 2.75) is 6.54 Å². The van der Waals surface area contributed by atoms with Crippen molar-refractivity contribution in [2.75, 3.05) is 5.73 Å². The Hall–Kier alpha value is -2.30. The van der Waals surface area contributed by atoms with Gasteiger partial charge in [0.05, 0.1) is 12.1 Å². The number of carbonyl (C=O) groups excluding carboxylic acids is 1. The van der Waals surface area contributed by atoms with Gasteiger partial charge in [0.15, 0.2) is 0 Å². The van der Waals surface area contributed by atoms with Crippen LogP contribution in [0.4, 0.5) is 10.1 Å². The van der Waals surface area contributed by atoms with Gasteiger partial charge in [-0.15, -0.1) is 0 Å². The number of carbonyl (C=O) groups is 1. The molecular weight excluding hydrogens is 233 g/mol. The molecule has 0 aliphatic carbocycles. The Labute approximate surface area is 104 Å². The molecule has 0 radical (unpaired) electrons. The second-order valence-corrected chi connectivity index (χ2v) is 4.03. The summed E-state index contributed by atoms with van der Waals surface area (Å²) in [6.45, 7) is 0.353. The van der Waals surface area contributed by atoms with Crippen molar-refractivity contribution in [2.24, 2.45) is 7.05 Å². The lowest BCUT2D eigenvalue weighted by atomic mass is 10.2. The minimum absolute atomic E-state index is 0.00147. The summed E-state index contributed by atoms with van der Waals surface area (Å²) in [6, 6.07) is 7.79. The van der Waals surface area contributed by atoms with Crippen LogP contribution in [0, 0.1) is 5.82 Å². The number of nitrogens with two attached hydrogens (primary N) is 1. The standard InChI is InChI=1S/C13H14FN3O/c1-17-6-2-3-10(17)8-16-13(18)11-5-4-9(15)7-12(11)14/h2-7H,8,15H2,1H3,(H,16,18). The molecule has 0 aliphatic rings. The smallest absolute Gasteiger partial charge is 0.254 e. The van der Waals surface area contributed by atoms with Gasteiger partial charge >= 0.3 is 0 Å². The number of amides is 1. The second-order valence-electron chi connectivity index (χ2n) is 4.03. The average molecular weight is 247 g/mol. The Morgan fingerprint density at radius 3 is 2.83 bits per heavy atom. The highest BCUT2D eigenvalue weighted by Gasteiger charge is 2.11. The molecule has 1 aromatic heterocycles. The lowest BCUT2D eigenvalue weighted by molar-refractivity contribution is 0.0946. The molecule has 0 saturated carbocycles. The third-order valence-electron chi connectivity index (χ3n) is 2.72. The van der Waals surface area contributed by atoms with Gasteiger partial charge in [-0.1, -0.05) is 0 Å². The number of nitrogens with one attached hydrogen (secondary N) is 1. The summed E-state index contributed by atoms with van der Waals surface area (Å²) in [4.78, 5) is 11.8. The molecule has 18 heavy (non-hydrogen) atoms. The van der Waals surface area contributed by atoms with E-state index in [2.05, 4.69) is 5.32 Å². The van der Waals surface area contributed by atoms with Crippen LogP contribution in [0.5, 0.6) is 0 Å². The zero-order valence-electron chi connectivity index (χ0n) is 9.98. The van der Waals surface area contributed by atoms with Gasteiger partial charge in [-0.25, -0.2) is 4.39 Å². The predicted molar refractivity (Wildman–Crippen MR) is 67.4 cm³/mol. The van der Waals surface area contributed by atoms with E-state index in [9.17, 15) is 9.18 Å². The van der Waals surface area contributed by atoms with E-state index in [-0.39, 0.29) is 5.56 Å². The molecule has 3 N–H and O–H groups in total. The first-order valence-electron chi connectivity index (χ1n) is 5.51. The molecule has 1 amide bonds. The lowest BCUT2D eigenvalue weighted by Crippen LogP contribution is -2.24. The van der Waals surface area contributed by atoms with Crippen molar-refractivity contribution in [1.29, 1.82) is 0 Å². The van der Waals surface area contributed by atoms with Crippen LogP contribution in [-0.4, -0.2) is 10.5 Å². The molecule has 0 unspecified atom stereocenters. The number of aromatic nitrogens is 1. The van der Waals surface area contributed by atoms with E-state index >= 15 is 0 Å². The normalized spacial score (nSPS) is 10.3. The molecule has 2 rings (SSSR count). The molecule has 0 atom stereocenters. The number of nitrogen functional groups attached to an aromatic ring is 1. The van der Waals surface area contributed by atoms with Gasteiger partial charge in [-0.3, -0.25) is 4.79 Å². The molecular formula is C13H14FN3O. The van der Waals surface area contributed by atoms with Crippen LogP contribution in [0.1, 0.15) is 16.1 Å². The highest BCUT2D eigenvalue weighted by Crippen LogP contribution is 2.11. The van der Waals surface area contributed by atoms with Crippen LogP contribution < -0.4 is 11.1 Å². The van der Waals surface area contributed by atoms with E-state index in [0.29, 0.717) is 12.2 Å². The monoisotopic (exact) mass is 247 g/mol. The van der Waals surface area contributed by atoms with Crippen LogP contribution in [0.3, 0.4) is 0 Å². The van der Waals surface area contributed by atoms with Crippen LogP contribution in [-0.2, 0) is 13.6 Å². The number of anilines is 1. The zero-order valence-corrected chi connectivity index (χ0v) is 9.98. The van der Waals surface area contributed by atoms with Crippen LogP contribution >= 0.6 is 0 Å². The molecule has 94 valence electrons. The van der Waals surface area contributed by atoms with Crippen molar-refractivity contribution in [3.63, 3.8) is 0 Å². The molecule has 0 spiro atoms. The van der Waals surface area contributed by atoms with Gasteiger partial charge in [0.2, 0.25) is 0 Å². The SMILES string of the molecule is Cn1cccc1CNC(=O)c1ccc(N)cc1F. The summed E-state index contributed by atoms with van der Waals surface area (Å²) in [5, 5.41) is 2.66. The van der Waals surface area contributed by atoms with Gasteiger partial charge in [0.25, 0.3) is 5.91 Å². The fourth-order valence-electron chi connectivity index (χ4n) is 1.66. The Bertz CT molecular complexity index is 577. The summed E-state index contributed by atoms with van der Waals surface area (Å²) >= 11 is 0.